The number of carbonyl (C=O) groups is 1. The third-order valence-electron chi connectivity index (χ3n) is 5.24. The summed E-state index contributed by atoms with van der Waals surface area (Å²) in [5.41, 5.74) is 0. The average Bonchev–Trinajstić information content (AvgIpc) is 3.04. The molecule has 0 aromatic heterocycles. The Morgan fingerprint density at radius 1 is 1.33 bits per heavy atom. The zero-order chi connectivity index (χ0) is 12.7. The molecule has 2 N–H and O–H groups in total. The van der Waals surface area contributed by atoms with Gasteiger partial charge < -0.3 is 15.3 Å². The molecular formula is C14H24N2O2. The van der Waals surface area contributed by atoms with Crippen molar-refractivity contribution >= 4 is 6.03 Å². The SMILES string of the molecule is C[C@H](O)[C@H]1CCN(C(=O)N[C@H]2C[C@H]3CC[C@H]2C3)C1. The molecule has 0 aromatic rings. The minimum Gasteiger partial charge on any atom is -0.393 e. The first kappa shape index (κ1) is 12.3. The smallest absolute Gasteiger partial charge is 0.317 e. The van der Waals surface area contributed by atoms with Crippen LogP contribution in [0.5, 0.6) is 0 Å². The van der Waals surface area contributed by atoms with Gasteiger partial charge in [-0.1, -0.05) is 6.42 Å². The molecule has 18 heavy (non-hydrogen) atoms. The minimum atomic E-state index is -0.301. The van der Waals surface area contributed by atoms with Gasteiger partial charge >= 0.3 is 6.03 Å². The van der Waals surface area contributed by atoms with E-state index in [0.29, 0.717) is 12.6 Å². The van der Waals surface area contributed by atoms with Crippen LogP contribution in [0, 0.1) is 17.8 Å². The Morgan fingerprint density at radius 2 is 2.17 bits per heavy atom. The van der Waals surface area contributed by atoms with Crippen LogP contribution in [0.25, 0.3) is 0 Å². The predicted molar refractivity (Wildman–Crippen MR) is 69.1 cm³/mol. The Balaban J connectivity index is 1.50. The molecule has 0 unspecified atom stereocenters. The van der Waals surface area contributed by atoms with Gasteiger partial charge in [0, 0.05) is 25.0 Å². The molecule has 0 aromatic carbocycles. The molecule has 3 rings (SSSR count). The van der Waals surface area contributed by atoms with Gasteiger partial charge in [0.15, 0.2) is 0 Å². The van der Waals surface area contributed by atoms with E-state index >= 15 is 0 Å². The number of rotatable bonds is 2. The van der Waals surface area contributed by atoms with E-state index in [0.717, 1.165) is 24.8 Å². The number of nitrogens with one attached hydrogen (secondary N) is 1. The lowest BCUT2D eigenvalue weighted by Crippen LogP contribution is -2.46. The molecule has 2 saturated carbocycles. The van der Waals surface area contributed by atoms with Crippen LogP contribution in [0.15, 0.2) is 0 Å². The van der Waals surface area contributed by atoms with Crippen LogP contribution in [0.1, 0.15) is 39.0 Å². The molecule has 0 radical (unpaired) electrons. The van der Waals surface area contributed by atoms with Gasteiger partial charge in [0.1, 0.15) is 0 Å². The molecule has 1 saturated heterocycles. The van der Waals surface area contributed by atoms with Crippen molar-refractivity contribution in [1.82, 2.24) is 10.2 Å². The maximum atomic E-state index is 12.2. The number of aliphatic hydroxyl groups is 1. The highest BCUT2D eigenvalue weighted by Crippen LogP contribution is 2.44. The summed E-state index contributed by atoms with van der Waals surface area (Å²) in [7, 11) is 0. The molecule has 102 valence electrons. The molecule has 4 heteroatoms. The molecule has 2 amide bonds. The van der Waals surface area contributed by atoms with Crippen molar-refractivity contribution in [2.24, 2.45) is 17.8 Å². The Kier molecular flexibility index (Phi) is 3.22. The van der Waals surface area contributed by atoms with Gasteiger partial charge in [-0.3, -0.25) is 0 Å². The summed E-state index contributed by atoms with van der Waals surface area (Å²) in [6, 6.07) is 0.512. The van der Waals surface area contributed by atoms with Gasteiger partial charge in [-0.25, -0.2) is 4.79 Å². The van der Waals surface area contributed by atoms with Gasteiger partial charge in [0.05, 0.1) is 6.10 Å². The number of hydrogen-bond acceptors (Lipinski definition) is 2. The van der Waals surface area contributed by atoms with E-state index in [1.54, 1.807) is 0 Å². The highest BCUT2D eigenvalue weighted by molar-refractivity contribution is 5.75. The summed E-state index contributed by atoms with van der Waals surface area (Å²) in [4.78, 5) is 14.1. The fourth-order valence-electron chi connectivity index (χ4n) is 4.04. The maximum absolute atomic E-state index is 12.2. The predicted octanol–water partition coefficient (Wildman–Crippen LogP) is 1.59. The molecule has 1 heterocycles. The van der Waals surface area contributed by atoms with E-state index in [1.165, 1.54) is 25.7 Å². The van der Waals surface area contributed by atoms with Crippen molar-refractivity contribution in [3.8, 4) is 0 Å². The lowest BCUT2D eigenvalue weighted by atomic mass is 9.95. The fourth-order valence-corrected chi connectivity index (χ4v) is 4.04. The van der Waals surface area contributed by atoms with Crippen LogP contribution in [0.4, 0.5) is 4.79 Å². The fraction of sp³-hybridized carbons (Fsp3) is 0.929. The van der Waals surface area contributed by atoms with E-state index in [-0.39, 0.29) is 18.1 Å². The van der Waals surface area contributed by atoms with Crippen LogP contribution in [0.3, 0.4) is 0 Å². The topological polar surface area (TPSA) is 52.6 Å². The first-order valence-electron chi connectivity index (χ1n) is 7.37. The molecule has 4 nitrogen and oxygen atoms in total. The average molecular weight is 252 g/mol. The summed E-state index contributed by atoms with van der Waals surface area (Å²) in [5, 5.41) is 12.8. The molecule has 5 atom stereocenters. The van der Waals surface area contributed by atoms with E-state index in [9.17, 15) is 9.90 Å². The number of nitrogens with zero attached hydrogens (tertiary/aromatic N) is 1. The van der Waals surface area contributed by atoms with Crippen molar-refractivity contribution in [3.63, 3.8) is 0 Å². The molecule has 2 bridgehead atoms. The highest BCUT2D eigenvalue weighted by Gasteiger charge is 2.41. The minimum absolute atomic E-state index is 0.0932. The molecule has 3 fully saturated rings. The van der Waals surface area contributed by atoms with Crippen LogP contribution < -0.4 is 5.32 Å². The van der Waals surface area contributed by atoms with Crippen LogP contribution in [0.2, 0.25) is 0 Å². The quantitative estimate of drug-likeness (QED) is 0.784. The van der Waals surface area contributed by atoms with Gasteiger partial charge in [-0.15, -0.1) is 0 Å². The number of amides is 2. The first-order chi connectivity index (χ1) is 8.63. The van der Waals surface area contributed by atoms with Gasteiger partial charge in [0.25, 0.3) is 0 Å². The number of aliphatic hydroxyl groups excluding tert-OH is 1. The summed E-state index contributed by atoms with van der Waals surface area (Å²) >= 11 is 0. The second-order valence-electron chi connectivity index (χ2n) is 6.47. The van der Waals surface area contributed by atoms with Gasteiger partial charge in [-0.05, 0) is 44.4 Å². The molecule has 2 aliphatic carbocycles. The number of carbonyl (C=O) groups excluding carboxylic acids is 1. The van der Waals surface area contributed by atoms with Crippen LogP contribution in [-0.2, 0) is 0 Å². The van der Waals surface area contributed by atoms with Crippen molar-refractivity contribution in [1.29, 1.82) is 0 Å². The summed E-state index contributed by atoms with van der Waals surface area (Å²) < 4.78 is 0. The third-order valence-corrected chi connectivity index (χ3v) is 5.24. The molecule has 3 aliphatic rings. The van der Waals surface area contributed by atoms with Crippen molar-refractivity contribution in [3.05, 3.63) is 0 Å². The lowest BCUT2D eigenvalue weighted by molar-refractivity contribution is 0.128. The Bertz CT molecular complexity index is 332. The maximum Gasteiger partial charge on any atom is 0.317 e. The normalized spacial score (nSPS) is 40.2. The van der Waals surface area contributed by atoms with Crippen LogP contribution >= 0.6 is 0 Å². The van der Waals surface area contributed by atoms with E-state index < -0.39 is 0 Å². The van der Waals surface area contributed by atoms with E-state index in [1.807, 2.05) is 11.8 Å². The number of fused-ring (bicyclic) bond motifs is 2. The second-order valence-corrected chi connectivity index (χ2v) is 6.47. The Morgan fingerprint density at radius 3 is 2.72 bits per heavy atom. The zero-order valence-corrected chi connectivity index (χ0v) is 11.1. The summed E-state index contributed by atoms with van der Waals surface area (Å²) in [6.45, 7) is 3.33. The second kappa shape index (κ2) is 4.72. The largest absolute Gasteiger partial charge is 0.393 e. The van der Waals surface area contributed by atoms with E-state index in [4.69, 9.17) is 0 Å². The molecular weight excluding hydrogens is 228 g/mol. The van der Waals surface area contributed by atoms with E-state index in [2.05, 4.69) is 5.32 Å². The van der Waals surface area contributed by atoms with Crippen molar-refractivity contribution in [2.45, 2.75) is 51.2 Å². The van der Waals surface area contributed by atoms with Crippen molar-refractivity contribution < 1.29 is 9.90 Å². The Labute approximate surface area is 109 Å². The van der Waals surface area contributed by atoms with Gasteiger partial charge in [-0.2, -0.15) is 0 Å². The Hall–Kier alpha value is -0.770. The first-order valence-corrected chi connectivity index (χ1v) is 7.37. The monoisotopic (exact) mass is 252 g/mol. The summed E-state index contributed by atoms with van der Waals surface area (Å²) in [5.74, 6) is 1.86. The number of likely N-dealkylation sites (tertiary alicyclic amines) is 1. The zero-order valence-electron chi connectivity index (χ0n) is 11.1. The third kappa shape index (κ3) is 2.22. The standard InChI is InChI=1S/C14H24N2O2/c1-9(17)12-4-5-16(8-12)14(18)15-13-7-10-2-3-11(13)6-10/h9-13,17H,2-8H2,1H3,(H,15,18)/t9-,10-,11-,12-,13-/m0/s1. The lowest BCUT2D eigenvalue weighted by Gasteiger charge is -2.26. The molecule has 1 aliphatic heterocycles. The summed E-state index contributed by atoms with van der Waals surface area (Å²) in [6.07, 6.45) is 5.80. The molecule has 0 spiro atoms. The highest BCUT2D eigenvalue weighted by atomic mass is 16.3. The van der Waals surface area contributed by atoms with Crippen molar-refractivity contribution in [2.75, 3.05) is 13.1 Å². The van der Waals surface area contributed by atoms with Crippen LogP contribution in [-0.4, -0.2) is 41.3 Å². The van der Waals surface area contributed by atoms with Gasteiger partial charge in [0.2, 0.25) is 0 Å². The number of hydrogen-bond donors (Lipinski definition) is 2. The number of urea groups is 1.